The molecule has 0 amide bonds. The summed E-state index contributed by atoms with van der Waals surface area (Å²) in [6, 6.07) is 0. The van der Waals surface area contributed by atoms with Gasteiger partial charge >= 0.3 is 0 Å². The molecule has 0 spiro atoms. The molecule has 0 radical (unpaired) electrons. The summed E-state index contributed by atoms with van der Waals surface area (Å²) < 4.78 is 45.6. The van der Waals surface area contributed by atoms with Gasteiger partial charge in [-0.15, -0.1) is 0 Å². The molecule has 11 heavy (non-hydrogen) atoms. The molecule has 0 unspecified atom stereocenters. The third kappa shape index (κ3) is 1.82. The van der Waals surface area contributed by atoms with Crippen molar-refractivity contribution in [1.29, 1.82) is 0 Å². The Kier molecular flexibility index (Phi) is 1.73. The van der Waals surface area contributed by atoms with Crippen molar-refractivity contribution in [2.24, 2.45) is 5.41 Å². The van der Waals surface area contributed by atoms with Crippen LogP contribution in [0.4, 0.5) is 8.78 Å². The van der Waals surface area contributed by atoms with E-state index >= 15 is 0 Å². The van der Waals surface area contributed by atoms with E-state index in [2.05, 4.69) is 0 Å². The second-order valence-electron chi connectivity index (χ2n) is 3.13. The number of rotatable bonds is 2. The maximum atomic E-state index is 12.4. The van der Waals surface area contributed by atoms with Crippen LogP contribution in [0.1, 0.15) is 13.3 Å². The van der Waals surface area contributed by atoms with Gasteiger partial charge in [-0.2, -0.15) is 0 Å². The van der Waals surface area contributed by atoms with Gasteiger partial charge in [-0.3, -0.25) is 0 Å². The largest absolute Gasteiger partial charge is 0.255 e. The lowest BCUT2D eigenvalue weighted by Crippen LogP contribution is -2.16. The van der Waals surface area contributed by atoms with Gasteiger partial charge in [-0.05, 0) is 0 Å². The molecule has 2 nitrogen and oxygen atoms in total. The quantitative estimate of drug-likeness (QED) is 0.641. The van der Waals surface area contributed by atoms with Crippen LogP contribution in [0.25, 0.3) is 0 Å². The summed E-state index contributed by atoms with van der Waals surface area (Å²) >= 11 is 0. The third-order valence-corrected chi connectivity index (χ3v) is 3.17. The molecule has 6 heteroatoms. The average molecular weight is 205 g/mol. The topological polar surface area (TPSA) is 34.1 Å². The molecule has 1 atom stereocenters. The zero-order valence-corrected chi connectivity index (χ0v) is 7.35. The second-order valence-corrected chi connectivity index (χ2v) is 5.90. The summed E-state index contributed by atoms with van der Waals surface area (Å²) in [6.45, 7) is 1.22. The zero-order valence-electron chi connectivity index (χ0n) is 5.77. The highest BCUT2D eigenvalue weighted by molar-refractivity contribution is 8.13. The second kappa shape index (κ2) is 2.07. The van der Waals surface area contributed by atoms with Crippen molar-refractivity contribution in [1.82, 2.24) is 0 Å². The standard InChI is InChI=1S/C5H7ClF2O2S/c1-4(2-5(4,7)8)3-11(6,9)10/h2-3H2,1H3/t4-/m0/s1. The highest BCUT2D eigenvalue weighted by atomic mass is 35.7. The Morgan fingerprint density at radius 2 is 1.91 bits per heavy atom. The normalized spacial score (nSPS) is 35.3. The van der Waals surface area contributed by atoms with Crippen molar-refractivity contribution in [2.45, 2.75) is 19.3 Å². The molecule has 0 saturated heterocycles. The molecule has 0 aromatic heterocycles. The van der Waals surface area contributed by atoms with Gasteiger partial charge in [-0.25, -0.2) is 17.2 Å². The van der Waals surface area contributed by atoms with E-state index in [1.807, 2.05) is 0 Å². The van der Waals surface area contributed by atoms with Crippen LogP contribution in [0.5, 0.6) is 0 Å². The minimum Gasteiger partial charge on any atom is -0.212 e. The van der Waals surface area contributed by atoms with Crippen LogP contribution in [0.2, 0.25) is 0 Å². The van der Waals surface area contributed by atoms with E-state index < -0.39 is 26.1 Å². The van der Waals surface area contributed by atoms with Gasteiger partial charge in [-0.1, -0.05) is 6.92 Å². The predicted octanol–water partition coefficient (Wildman–Crippen LogP) is 1.60. The summed E-state index contributed by atoms with van der Waals surface area (Å²) in [4.78, 5) is 0. The molecule has 0 N–H and O–H groups in total. The summed E-state index contributed by atoms with van der Waals surface area (Å²) in [6.07, 6.45) is -0.383. The highest BCUT2D eigenvalue weighted by Crippen LogP contribution is 2.60. The summed E-state index contributed by atoms with van der Waals surface area (Å²) in [5, 5.41) is 0. The Labute approximate surface area is 68.0 Å². The van der Waals surface area contributed by atoms with Crippen LogP contribution in [0.15, 0.2) is 0 Å². The first-order chi connectivity index (χ1) is 4.66. The Morgan fingerprint density at radius 3 is 2.00 bits per heavy atom. The molecule has 0 aromatic carbocycles. The fourth-order valence-electron chi connectivity index (χ4n) is 0.983. The molecule has 0 aliphatic heterocycles. The van der Waals surface area contributed by atoms with Crippen LogP contribution in [-0.4, -0.2) is 20.1 Å². The molecule has 66 valence electrons. The first kappa shape index (κ1) is 9.19. The summed E-state index contributed by atoms with van der Waals surface area (Å²) in [5.74, 6) is -3.50. The maximum Gasteiger partial charge on any atom is 0.255 e. The van der Waals surface area contributed by atoms with E-state index in [0.29, 0.717) is 0 Å². The van der Waals surface area contributed by atoms with Crippen molar-refractivity contribution < 1.29 is 17.2 Å². The Hall–Kier alpha value is 0.1000. The zero-order chi connectivity index (χ0) is 8.91. The number of hydrogen-bond acceptors (Lipinski definition) is 2. The molecular formula is C5H7ClF2O2S. The molecule has 1 saturated carbocycles. The highest BCUT2D eigenvalue weighted by Gasteiger charge is 2.69. The minimum absolute atomic E-state index is 0.383. The van der Waals surface area contributed by atoms with E-state index in [-0.39, 0.29) is 6.42 Å². The lowest BCUT2D eigenvalue weighted by atomic mass is 10.2. The third-order valence-electron chi connectivity index (χ3n) is 1.86. The van der Waals surface area contributed by atoms with Crippen LogP contribution in [0.3, 0.4) is 0 Å². The van der Waals surface area contributed by atoms with Crippen LogP contribution in [-0.2, 0) is 9.05 Å². The fraction of sp³-hybridized carbons (Fsp3) is 1.00. The lowest BCUT2D eigenvalue weighted by molar-refractivity contribution is 0.0771. The molecule has 1 aliphatic carbocycles. The van der Waals surface area contributed by atoms with E-state index in [4.69, 9.17) is 10.7 Å². The molecule has 0 aromatic rings. The van der Waals surface area contributed by atoms with E-state index in [0.717, 1.165) is 0 Å². The van der Waals surface area contributed by atoms with Crippen molar-refractivity contribution in [3.63, 3.8) is 0 Å². The maximum absolute atomic E-state index is 12.4. The number of alkyl halides is 2. The van der Waals surface area contributed by atoms with Gasteiger partial charge in [0.05, 0.1) is 11.2 Å². The van der Waals surface area contributed by atoms with Crippen LogP contribution in [0, 0.1) is 5.41 Å². The SMILES string of the molecule is C[C@@]1(CS(=O)(=O)Cl)CC1(F)F. The van der Waals surface area contributed by atoms with Crippen molar-refractivity contribution in [3.8, 4) is 0 Å². The van der Waals surface area contributed by atoms with Gasteiger partial charge in [0.15, 0.2) is 0 Å². The van der Waals surface area contributed by atoms with Gasteiger partial charge in [0.25, 0.3) is 5.92 Å². The Balaban J connectivity index is 2.68. The monoisotopic (exact) mass is 204 g/mol. The van der Waals surface area contributed by atoms with E-state index in [1.54, 1.807) is 0 Å². The van der Waals surface area contributed by atoms with E-state index in [9.17, 15) is 17.2 Å². The Morgan fingerprint density at radius 1 is 1.55 bits per heavy atom. The predicted molar refractivity (Wildman–Crippen MR) is 37.3 cm³/mol. The van der Waals surface area contributed by atoms with E-state index in [1.165, 1.54) is 6.92 Å². The smallest absolute Gasteiger partial charge is 0.212 e. The fourth-order valence-corrected chi connectivity index (χ4v) is 2.78. The molecule has 1 aliphatic rings. The molecular weight excluding hydrogens is 198 g/mol. The number of halogens is 3. The van der Waals surface area contributed by atoms with Gasteiger partial charge < -0.3 is 0 Å². The summed E-state index contributed by atoms with van der Waals surface area (Å²) in [7, 11) is 1.03. The first-order valence-electron chi connectivity index (χ1n) is 2.96. The van der Waals surface area contributed by atoms with Gasteiger partial charge in [0, 0.05) is 17.1 Å². The van der Waals surface area contributed by atoms with Crippen molar-refractivity contribution in [3.05, 3.63) is 0 Å². The molecule has 0 bridgehead atoms. The lowest BCUT2D eigenvalue weighted by Gasteiger charge is -2.05. The minimum atomic E-state index is -3.80. The number of hydrogen-bond donors (Lipinski definition) is 0. The van der Waals surface area contributed by atoms with Gasteiger partial charge in [0.2, 0.25) is 9.05 Å². The first-order valence-corrected chi connectivity index (χ1v) is 5.44. The Bertz CT molecular complexity index is 274. The van der Waals surface area contributed by atoms with Crippen LogP contribution >= 0.6 is 10.7 Å². The van der Waals surface area contributed by atoms with Crippen LogP contribution < -0.4 is 0 Å². The van der Waals surface area contributed by atoms with Crippen molar-refractivity contribution in [2.75, 3.05) is 5.75 Å². The molecule has 1 rings (SSSR count). The van der Waals surface area contributed by atoms with Crippen molar-refractivity contribution >= 4 is 19.7 Å². The average Bonchev–Trinajstić information content (AvgIpc) is 1.96. The molecule has 1 fully saturated rings. The van der Waals surface area contributed by atoms with Gasteiger partial charge in [0.1, 0.15) is 0 Å². The summed E-state index contributed by atoms with van der Waals surface area (Å²) in [5.41, 5.74) is -1.42. The molecule has 0 heterocycles.